The number of aliphatic hydroxyl groups is 1. The Morgan fingerprint density at radius 2 is 1.45 bits per heavy atom. The Hall–Kier alpha value is -4.37. The lowest BCUT2D eigenvalue weighted by Gasteiger charge is -2.28. The number of aliphatic carboxylic acids is 1. The van der Waals surface area contributed by atoms with Crippen molar-refractivity contribution in [1.82, 2.24) is 10.2 Å². The normalized spacial score (nSPS) is 12.3. The van der Waals surface area contributed by atoms with Crippen molar-refractivity contribution in [3.05, 3.63) is 90.0 Å². The minimum atomic E-state index is -1.58. The van der Waals surface area contributed by atoms with E-state index in [1.807, 2.05) is 80.6 Å². The molecule has 2 atom stereocenters. The molecule has 0 saturated heterocycles. The standard InChI is InChI=1S/C31H36N2O7/c1-21(2)18-33(19-28(34)30(37)40-20-23-7-5-4-6-8-23)31(38)32-27(29(35)36)17-22-9-11-24(12-10-22)25-13-15-26(39-3)16-14-25/h4-16,21,27-28,34H,17-20H2,1-3H3,(H,32,38)(H,35,36)/t27-,28?/m0/s1. The number of esters is 1. The molecule has 0 heterocycles. The molecule has 2 amide bonds. The van der Waals surface area contributed by atoms with Crippen LogP contribution in [0.3, 0.4) is 0 Å². The number of amides is 2. The number of hydrogen-bond acceptors (Lipinski definition) is 6. The van der Waals surface area contributed by atoms with E-state index in [1.54, 1.807) is 19.2 Å². The van der Waals surface area contributed by atoms with Crippen LogP contribution in [0.2, 0.25) is 0 Å². The van der Waals surface area contributed by atoms with Gasteiger partial charge in [0.25, 0.3) is 0 Å². The number of nitrogens with one attached hydrogen (secondary N) is 1. The number of rotatable bonds is 13. The lowest BCUT2D eigenvalue weighted by atomic mass is 10.0. The van der Waals surface area contributed by atoms with Gasteiger partial charge in [-0.3, -0.25) is 0 Å². The first-order chi connectivity index (χ1) is 19.2. The largest absolute Gasteiger partial charge is 0.497 e. The van der Waals surface area contributed by atoms with E-state index in [0.29, 0.717) is 0 Å². The van der Waals surface area contributed by atoms with Gasteiger partial charge in [-0.05, 0) is 40.3 Å². The number of hydrogen-bond donors (Lipinski definition) is 3. The molecule has 40 heavy (non-hydrogen) atoms. The van der Waals surface area contributed by atoms with Crippen LogP contribution in [0, 0.1) is 5.92 Å². The molecule has 9 nitrogen and oxygen atoms in total. The van der Waals surface area contributed by atoms with Crippen molar-refractivity contribution in [3.63, 3.8) is 0 Å². The molecule has 3 aromatic carbocycles. The van der Waals surface area contributed by atoms with Crippen LogP contribution in [0.5, 0.6) is 5.75 Å². The summed E-state index contributed by atoms with van der Waals surface area (Å²) in [6.07, 6.45) is -1.52. The SMILES string of the molecule is COc1ccc(-c2ccc(C[C@H](NC(=O)N(CC(C)C)CC(O)C(=O)OCc3ccccc3)C(=O)O)cc2)cc1. The van der Waals surface area contributed by atoms with E-state index >= 15 is 0 Å². The van der Waals surface area contributed by atoms with Crippen molar-refractivity contribution >= 4 is 18.0 Å². The molecule has 0 bridgehead atoms. The molecule has 1 unspecified atom stereocenters. The lowest BCUT2D eigenvalue weighted by molar-refractivity contribution is -0.155. The predicted octanol–water partition coefficient (Wildman–Crippen LogP) is 4.13. The highest BCUT2D eigenvalue weighted by atomic mass is 16.5. The topological polar surface area (TPSA) is 125 Å². The first-order valence-corrected chi connectivity index (χ1v) is 13.1. The molecule has 0 fully saturated rings. The number of carboxylic acid groups (broad SMARTS) is 1. The van der Waals surface area contributed by atoms with Crippen molar-refractivity contribution in [2.45, 2.75) is 39.0 Å². The monoisotopic (exact) mass is 548 g/mol. The zero-order valence-electron chi connectivity index (χ0n) is 22.9. The van der Waals surface area contributed by atoms with Gasteiger partial charge in [-0.15, -0.1) is 0 Å². The van der Waals surface area contributed by atoms with Gasteiger partial charge in [0.05, 0.1) is 13.7 Å². The van der Waals surface area contributed by atoms with Crippen LogP contribution < -0.4 is 10.1 Å². The molecule has 3 rings (SSSR count). The molecule has 0 aliphatic rings. The number of benzene rings is 3. The van der Waals surface area contributed by atoms with Gasteiger partial charge >= 0.3 is 18.0 Å². The summed E-state index contributed by atoms with van der Waals surface area (Å²) in [6, 6.07) is 22.1. The molecule has 3 N–H and O–H groups in total. The number of nitrogens with zero attached hydrogens (tertiary/aromatic N) is 1. The van der Waals surface area contributed by atoms with Crippen molar-refractivity contribution in [3.8, 4) is 16.9 Å². The Balaban J connectivity index is 1.62. The fraction of sp³-hybridized carbons (Fsp3) is 0.323. The Labute approximate surface area is 234 Å². The molecule has 0 saturated carbocycles. The second-order valence-electron chi connectivity index (χ2n) is 9.88. The molecule has 0 aliphatic carbocycles. The van der Waals surface area contributed by atoms with Crippen molar-refractivity contribution in [2.24, 2.45) is 5.92 Å². The summed E-state index contributed by atoms with van der Waals surface area (Å²) in [4.78, 5) is 38.7. The van der Waals surface area contributed by atoms with Gasteiger partial charge in [-0.1, -0.05) is 80.6 Å². The van der Waals surface area contributed by atoms with Gasteiger partial charge in [0.1, 0.15) is 18.4 Å². The molecule has 212 valence electrons. The minimum Gasteiger partial charge on any atom is -0.497 e. The van der Waals surface area contributed by atoms with Gasteiger partial charge in [0.15, 0.2) is 6.10 Å². The fourth-order valence-corrected chi connectivity index (χ4v) is 4.08. The second-order valence-corrected chi connectivity index (χ2v) is 9.88. The average Bonchev–Trinajstić information content (AvgIpc) is 2.95. The number of aliphatic hydroxyl groups excluding tert-OH is 1. The predicted molar refractivity (Wildman–Crippen MR) is 151 cm³/mol. The molecular weight excluding hydrogens is 512 g/mol. The van der Waals surface area contributed by atoms with Crippen LogP contribution in [0.25, 0.3) is 11.1 Å². The van der Waals surface area contributed by atoms with Gasteiger partial charge < -0.3 is 29.9 Å². The van der Waals surface area contributed by atoms with E-state index in [1.165, 1.54) is 4.90 Å². The van der Waals surface area contributed by atoms with E-state index in [2.05, 4.69) is 5.32 Å². The zero-order valence-corrected chi connectivity index (χ0v) is 22.9. The third-order valence-electron chi connectivity index (χ3n) is 6.17. The highest BCUT2D eigenvalue weighted by molar-refractivity contribution is 5.83. The van der Waals surface area contributed by atoms with Crippen molar-refractivity contribution in [1.29, 1.82) is 0 Å². The van der Waals surface area contributed by atoms with Crippen LogP contribution >= 0.6 is 0 Å². The molecule has 9 heteroatoms. The summed E-state index contributed by atoms with van der Waals surface area (Å²) in [7, 11) is 1.60. The highest BCUT2D eigenvalue weighted by Crippen LogP contribution is 2.23. The average molecular weight is 549 g/mol. The van der Waals surface area contributed by atoms with Gasteiger partial charge in [0.2, 0.25) is 0 Å². The van der Waals surface area contributed by atoms with Crippen LogP contribution in [0.15, 0.2) is 78.9 Å². The number of carbonyl (C=O) groups is 3. The molecule has 0 aliphatic heterocycles. The molecule has 0 radical (unpaired) electrons. The highest BCUT2D eigenvalue weighted by Gasteiger charge is 2.28. The number of carbonyl (C=O) groups excluding carboxylic acids is 2. The smallest absolute Gasteiger partial charge is 0.337 e. The lowest BCUT2D eigenvalue weighted by Crippen LogP contribution is -2.52. The van der Waals surface area contributed by atoms with Gasteiger partial charge in [0, 0.05) is 13.0 Å². The van der Waals surface area contributed by atoms with Crippen molar-refractivity contribution in [2.75, 3.05) is 20.2 Å². The number of urea groups is 1. The van der Waals surface area contributed by atoms with E-state index in [0.717, 1.165) is 28.0 Å². The van der Waals surface area contributed by atoms with E-state index in [-0.39, 0.29) is 32.0 Å². The summed E-state index contributed by atoms with van der Waals surface area (Å²) in [5.74, 6) is -1.30. The van der Waals surface area contributed by atoms with Gasteiger partial charge in [-0.25, -0.2) is 14.4 Å². The Morgan fingerprint density at radius 3 is 2.00 bits per heavy atom. The maximum absolute atomic E-state index is 13.1. The van der Waals surface area contributed by atoms with Crippen LogP contribution in [0.1, 0.15) is 25.0 Å². The molecule has 3 aromatic rings. The Kier molecular flexibility index (Phi) is 11.1. The maximum atomic E-state index is 13.1. The second kappa shape index (κ2) is 14.7. The number of carboxylic acids is 1. The van der Waals surface area contributed by atoms with Crippen molar-refractivity contribution < 1.29 is 34.1 Å². The molecular formula is C31H36N2O7. The minimum absolute atomic E-state index is 0.00654. The first kappa shape index (κ1) is 30.2. The molecule has 0 aromatic heterocycles. The third kappa shape index (κ3) is 9.13. The van der Waals surface area contributed by atoms with Crippen LogP contribution in [-0.2, 0) is 27.4 Å². The summed E-state index contributed by atoms with van der Waals surface area (Å²) in [5.41, 5.74) is 3.44. The molecule has 0 spiro atoms. The van der Waals surface area contributed by atoms with E-state index in [4.69, 9.17) is 9.47 Å². The fourth-order valence-electron chi connectivity index (χ4n) is 4.08. The summed E-state index contributed by atoms with van der Waals surface area (Å²) >= 11 is 0. The van der Waals surface area contributed by atoms with Gasteiger partial charge in [-0.2, -0.15) is 0 Å². The van der Waals surface area contributed by atoms with E-state index < -0.39 is 30.1 Å². The third-order valence-corrected chi connectivity index (χ3v) is 6.17. The Bertz CT molecular complexity index is 1240. The van der Waals surface area contributed by atoms with Crippen LogP contribution in [-0.4, -0.2) is 65.4 Å². The number of ether oxygens (including phenoxy) is 2. The maximum Gasteiger partial charge on any atom is 0.337 e. The summed E-state index contributed by atoms with van der Waals surface area (Å²) < 4.78 is 10.4. The number of methoxy groups -OCH3 is 1. The Morgan fingerprint density at radius 1 is 0.850 bits per heavy atom. The zero-order chi connectivity index (χ0) is 29.1. The first-order valence-electron chi connectivity index (χ1n) is 13.1. The summed E-state index contributed by atoms with van der Waals surface area (Å²) in [6.45, 7) is 3.61. The van der Waals surface area contributed by atoms with E-state index in [9.17, 15) is 24.6 Å². The van der Waals surface area contributed by atoms with Crippen LogP contribution in [0.4, 0.5) is 4.79 Å². The quantitative estimate of drug-likeness (QED) is 0.274. The summed E-state index contributed by atoms with van der Waals surface area (Å²) in [5, 5.41) is 22.8.